The fourth-order valence-electron chi connectivity index (χ4n) is 3.51. The van der Waals surface area contributed by atoms with Crippen LogP contribution in [0.5, 0.6) is 11.5 Å². The van der Waals surface area contributed by atoms with Gasteiger partial charge in [0.1, 0.15) is 12.3 Å². The average Bonchev–Trinajstić information content (AvgIpc) is 3.08. The molecule has 3 aromatic carbocycles. The predicted octanol–water partition coefficient (Wildman–Crippen LogP) is 6.83. The Kier molecular flexibility index (Phi) is 8.00. The second-order valence-electron chi connectivity index (χ2n) is 7.65. The van der Waals surface area contributed by atoms with Crippen LogP contribution in [0.1, 0.15) is 23.6 Å². The lowest BCUT2D eigenvalue weighted by molar-refractivity contribution is -0.123. The number of urea groups is 1. The van der Waals surface area contributed by atoms with Gasteiger partial charge in [-0.3, -0.25) is 9.69 Å². The summed E-state index contributed by atoms with van der Waals surface area (Å²) in [5.41, 5.74) is 2.47. The van der Waals surface area contributed by atoms with Crippen LogP contribution in [0.25, 0.3) is 6.08 Å². The van der Waals surface area contributed by atoms with Gasteiger partial charge in [-0.1, -0.05) is 59.6 Å². The number of rotatable bonds is 8. The number of amides is 3. The summed E-state index contributed by atoms with van der Waals surface area (Å²) in [5.74, 6) is 0.579. The maximum absolute atomic E-state index is 12.9. The zero-order valence-electron chi connectivity index (χ0n) is 18.7. The van der Waals surface area contributed by atoms with Gasteiger partial charge >= 0.3 is 6.03 Å². The summed E-state index contributed by atoms with van der Waals surface area (Å²) in [4.78, 5) is 26.5. The van der Waals surface area contributed by atoms with Crippen molar-refractivity contribution in [2.45, 2.75) is 20.1 Å². The molecule has 4 rings (SSSR count). The highest BCUT2D eigenvalue weighted by molar-refractivity contribution is 9.10. The number of imide groups is 1. The molecule has 1 aliphatic rings. The van der Waals surface area contributed by atoms with Gasteiger partial charge in [-0.25, -0.2) is 4.79 Å². The summed E-state index contributed by atoms with van der Waals surface area (Å²) in [7, 11) is 0. The van der Waals surface area contributed by atoms with Gasteiger partial charge in [0.15, 0.2) is 11.5 Å². The first kappa shape index (κ1) is 25.1. The molecule has 3 amide bonds. The van der Waals surface area contributed by atoms with E-state index >= 15 is 0 Å². The van der Waals surface area contributed by atoms with Crippen molar-refractivity contribution in [3.8, 4) is 11.5 Å². The Balaban J connectivity index is 1.56. The quantitative estimate of drug-likeness (QED) is 0.236. The monoisotopic (exact) mass is 574 g/mol. The Bertz CT molecular complexity index is 1300. The van der Waals surface area contributed by atoms with E-state index < -0.39 is 11.9 Å². The highest BCUT2D eigenvalue weighted by atomic mass is 79.9. The Hall–Kier alpha value is -3.00. The molecule has 9 heteroatoms. The summed E-state index contributed by atoms with van der Waals surface area (Å²) in [6.07, 6.45) is 1.61. The molecule has 0 bridgehead atoms. The first-order valence-electron chi connectivity index (χ1n) is 10.8. The standard InChI is InChI=1S/C26H21BrCl2N2O4/c1-2-34-23-12-17(10-20(27)24(23)35-15-18-8-9-19(28)13-21(18)29)11-22-25(32)31(26(33)30-22)14-16-6-4-3-5-7-16/h3-13H,2,14-15H2,1H3,(H,30,33)/b22-11+. The maximum Gasteiger partial charge on any atom is 0.329 e. The topological polar surface area (TPSA) is 67.9 Å². The smallest absolute Gasteiger partial charge is 0.329 e. The normalized spacial score (nSPS) is 14.4. The van der Waals surface area contributed by atoms with Crippen LogP contribution in [0.2, 0.25) is 10.0 Å². The Morgan fingerprint density at radius 1 is 1.03 bits per heavy atom. The fourth-order valence-corrected chi connectivity index (χ4v) is 4.55. The molecule has 35 heavy (non-hydrogen) atoms. The van der Waals surface area contributed by atoms with E-state index in [-0.39, 0.29) is 18.8 Å². The van der Waals surface area contributed by atoms with Gasteiger partial charge in [0.2, 0.25) is 0 Å². The molecule has 0 aliphatic carbocycles. The third-order valence-corrected chi connectivity index (χ3v) is 6.35. The number of benzene rings is 3. The van der Waals surface area contributed by atoms with Crippen molar-refractivity contribution in [2.75, 3.05) is 6.61 Å². The molecule has 1 N–H and O–H groups in total. The number of hydrogen-bond acceptors (Lipinski definition) is 4. The lowest BCUT2D eigenvalue weighted by Gasteiger charge is -2.15. The summed E-state index contributed by atoms with van der Waals surface area (Å²) < 4.78 is 12.4. The molecule has 180 valence electrons. The van der Waals surface area contributed by atoms with E-state index in [0.717, 1.165) is 11.1 Å². The zero-order valence-corrected chi connectivity index (χ0v) is 21.8. The van der Waals surface area contributed by atoms with Crippen LogP contribution in [0, 0.1) is 0 Å². The van der Waals surface area contributed by atoms with Crippen molar-refractivity contribution in [3.05, 3.63) is 97.6 Å². The SMILES string of the molecule is CCOc1cc(/C=C2/NC(=O)N(Cc3ccccc3)C2=O)cc(Br)c1OCc1ccc(Cl)cc1Cl. The van der Waals surface area contributed by atoms with Crippen LogP contribution in [-0.4, -0.2) is 23.4 Å². The molecule has 0 radical (unpaired) electrons. The van der Waals surface area contributed by atoms with Crippen molar-refractivity contribution < 1.29 is 19.1 Å². The number of carbonyl (C=O) groups is 2. The molecule has 1 saturated heterocycles. The van der Waals surface area contributed by atoms with Gasteiger partial charge in [-0.2, -0.15) is 0 Å². The van der Waals surface area contributed by atoms with Crippen molar-refractivity contribution in [1.29, 1.82) is 0 Å². The van der Waals surface area contributed by atoms with Crippen molar-refractivity contribution in [3.63, 3.8) is 0 Å². The largest absolute Gasteiger partial charge is 0.490 e. The van der Waals surface area contributed by atoms with E-state index in [0.29, 0.717) is 38.2 Å². The van der Waals surface area contributed by atoms with Gasteiger partial charge in [0, 0.05) is 15.6 Å². The van der Waals surface area contributed by atoms with E-state index in [2.05, 4.69) is 21.2 Å². The predicted molar refractivity (Wildman–Crippen MR) is 140 cm³/mol. The minimum absolute atomic E-state index is 0.182. The van der Waals surface area contributed by atoms with Crippen molar-refractivity contribution in [2.24, 2.45) is 0 Å². The number of hydrogen-bond donors (Lipinski definition) is 1. The van der Waals surface area contributed by atoms with Crippen LogP contribution in [0.15, 0.2) is 70.8 Å². The van der Waals surface area contributed by atoms with Crippen LogP contribution >= 0.6 is 39.1 Å². The van der Waals surface area contributed by atoms with E-state index in [4.69, 9.17) is 32.7 Å². The van der Waals surface area contributed by atoms with Crippen LogP contribution < -0.4 is 14.8 Å². The van der Waals surface area contributed by atoms with Crippen LogP contribution in [0.3, 0.4) is 0 Å². The Labute approximate surface area is 221 Å². The number of ether oxygens (including phenoxy) is 2. The van der Waals surface area contributed by atoms with Gasteiger partial charge < -0.3 is 14.8 Å². The molecule has 6 nitrogen and oxygen atoms in total. The van der Waals surface area contributed by atoms with Crippen LogP contribution in [0.4, 0.5) is 4.79 Å². The third kappa shape index (κ3) is 5.99. The van der Waals surface area contributed by atoms with E-state index in [9.17, 15) is 9.59 Å². The number of halogens is 3. The third-order valence-electron chi connectivity index (χ3n) is 5.18. The van der Waals surface area contributed by atoms with E-state index in [1.165, 1.54) is 4.90 Å². The minimum Gasteiger partial charge on any atom is -0.490 e. The molecule has 1 fully saturated rings. The first-order chi connectivity index (χ1) is 16.9. The zero-order chi connectivity index (χ0) is 24.9. The molecule has 1 heterocycles. The van der Waals surface area contributed by atoms with Crippen molar-refractivity contribution in [1.82, 2.24) is 10.2 Å². The van der Waals surface area contributed by atoms with Crippen molar-refractivity contribution >= 4 is 57.1 Å². The van der Waals surface area contributed by atoms with Gasteiger partial charge in [0.25, 0.3) is 5.91 Å². The fraction of sp³-hybridized carbons (Fsp3) is 0.154. The number of carbonyl (C=O) groups excluding carboxylic acids is 2. The lowest BCUT2D eigenvalue weighted by Crippen LogP contribution is -2.30. The molecule has 3 aromatic rings. The second-order valence-corrected chi connectivity index (χ2v) is 9.35. The maximum atomic E-state index is 12.9. The van der Waals surface area contributed by atoms with E-state index in [1.54, 1.807) is 36.4 Å². The van der Waals surface area contributed by atoms with Crippen LogP contribution in [-0.2, 0) is 17.9 Å². The molecule has 0 spiro atoms. The van der Waals surface area contributed by atoms with Gasteiger partial charge in [-0.05, 0) is 64.3 Å². The molecule has 0 aromatic heterocycles. The molecular weight excluding hydrogens is 555 g/mol. The first-order valence-corrected chi connectivity index (χ1v) is 12.3. The average molecular weight is 576 g/mol. The summed E-state index contributed by atoms with van der Waals surface area (Å²) in [6.45, 7) is 2.67. The Morgan fingerprint density at radius 2 is 1.80 bits per heavy atom. The minimum atomic E-state index is -0.464. The Morgan fingerprint density at radius 3 is 2.51 bits per heavy atom. The van der Waals surface area contributed by atoms with Gasteiger partial charge in [-0.15, -0.1) is 0 Å². The molecule has 0 atom stereocenters. The second kappa shape index (κ2) is 11.2. The summed E-state index contributed by atoms with van der Waals surface area (Å²) >= 11 is 15.8. The lowest BCUT2D eigenvalue weighted by atomic mass is 10.1. The summed E-state index contributed by atoms with van der Waals surface area (Å²) in [6, 6.07) is 17.6. The molecule has 0 saturated carbocycles. The highest BCUT2D eigenvalue weighted by Gasteiger charge is 2.33. The highest BCUT2D eigenvalue weighted by Crippen LogP contribution is 2.38. The molecule has 0 unspecified atom stereocenters. The molecular formula is C26H21BrCl2N2O4. The number of nitrogens with one attached hydrogen (secondary N) is 1. The van der Waals surface area contributed by atoms with Gasteiger partial charge in [0.05, 0.1) is 17.6 Å². The van der Waals surface area contributed by atoms with E-state index in [1.807, 2.05) is 37.3 Å². The number of nitrogens with zero attached hydrogens (tertiary/aromatic N) is 1. The summed E-state index contributed by atoms with van der Waals surface area (Å²) in [5, 5.41) is 3.70. The molecule has 1 aliphatic heterocycles.